The van der Waals surface area contributed by atoms with E-state index in [1.54, 1.807) is 12.1 Å². The van der Waals surface area contributed by atoms with Crippen LogP contribution in [0.4, 0.5) is 5.69 Å². The summed E-state index contributed by atoms with van der Waals surface area (Å²) in [6.07, 6.45) is 0. The van der Waals surface area contributed by atoms with E-state index >= 15 is 0 Å². The van der Waals surface area contributed by atoms with Crippen LogP contribution in [0.25, 0.3) is 0 Å². The molecule has 9 nitrogen and oxygen atoms in total. The molecule has 2 aromatic carbocycles. The number of aromatic carboxylic acids is 2. The van der Waals surface area contributed by atoms with Crippen LogP contribution >= 0.6 is 0 Å². The van der Waals surface area contributed by atoms with Crippen molar-refractivity contribution >= 4 is 35.3 Å². The third kappa shape index (κ3) is 3.20. The van der Waals surface area contributed by atoms with Gasteiger partial charge in [0.15, 0.2) is 0 Å². The molecule has 0 aromatic heterocycles. The van der Waals surface area contributed by atoms with Crippen LogP contribution in [-0.2, 0) is 4.79 Å². The number of amides is 3. The first kappa shape index (κ1) is 18.8. The van der Waals surface area contributed by atoms with Crippen LogP contribution in [0.15, 0.2) is 42.5 Å². The Morgan fingerprint density at radius 1 is 0.893 bits per heavy atom. The molecule has 0 aliphatic carbocycles. The van der Waals surface area contributed by atoms with Crippen LogP contribution in [0.3, 0.4) is 0 Å². The summed E-state index contributed by atoms with van der Waals surface area (Å²) in [5.41, 5.74) is -0.362. The lowest BCUT2D eigenvalue weighted by Gasteiger charge is -2.21. The van der Waals surface area contributed by atoms with E-state index in [0.717, 1.165) is 23.1 Å². The van der Waals surface area contributed by atoms with Crippen molar-refractivity contribution in [2.24, 2.45) is 0 Å². The van der Waals surface area contributed by atoms with Crippen LogP contribution in [0.5, 0.6) is 0 Å². The van der Waals surface area contributed by atoms with E-state index in [2.05, 4.69) is 5.32 Å². The van der Waals surface area contributed by atoms with Crippen molar-refractivity contribution in [2.75, 3.05) is 5.32 Å². The van der Waals surface area contributed by atoms with E-state index in [9.17, 15) is 24.0 Å². The Balaban J connectivity index is 1.86. The standard InChI is InChI=1S/C19H14N2O7/c1-9(21-16(23)13-4-2-3-5-14(13)17(21)24)15(22)20-12-7-10(18(25)26)6-11(8-12)19(27)28/h2-9H,1H3,(H,20,22)(H,25,26)(H,27,28). The molecule has 1 aliphatic rings. The minimum Gasteiger partial charge on any atom is -0.478 e. The molecule has 1 atom stereocenters. The third-order valence-corrected chi connectivity index (χ3v) is 4.29. The number of nitrogens with one attached hydrogen (secondary N) is 1. The predicted molar refractivity (Wildman–Crippen MR) is 95.4 cm³/mol. The van der Waals surface area contributed by atoms with Crippen molar-refractivity contribution in [1.29, 1.82) is 0 Å². The van der Waals surface area contributed by atoms with Crippen molar-refractivity contribution in [1.82, 2.24) is 4.90 Å². The fourth-order valence-corrected chi connectivity index (χ4v) is 2.87. The number of carboxylic acid groups (broad SMARTS) is 2. The molecule has 0 bridgehead atoms. The molecule has 0 radical (unpaired) electrons. The zero-order valence-electron chi connectivity index (χ0n) is 14.5. The van der Waals surface area contributed by atoms with Crippen molar-refractivity contribution in [3.63, 3.8) is 0 Å². The number of anilines is 1. The van der Waals surface area contributed by atoms with E-state index in [0.29, 0.717) is 0 Å². The largest absolute Gasteiger partial charge is 0.478 e. The molecular formula is C19H14N2O7. The summed E-state index contributed by atoms with van der Waals surface area (Å²) in [6.45, 7) is 1.34. The number of nitrogens with zero attached hydrogens (tertiary/aromatic N) is 1. The Kier molecular flexibility index (Phi) is 4.66. The number of benzene rings is 2. The normalized spacial score (nSPS) is 13.8. The van der Waals surface area contributed by atoms with Crippen LogP contribution in [0, 0.1) is 0 Å². The Morgan fingerprint density at radius 2 is 1.36 bits per heavy atom. The second kappa shape index (κ2) is 6.95. The number of fused-ring (bicyclic) bond motifs is 1. The zero-order valence-corrected chi connectivity index (χ0v) is 14.5. The van der Waals surface area contributed by atoms with Crippen molar-refractivity contribution in [3.8, 4) is 0 Å². The van der Waals surface area contributed by atoms with E-state index in [4.69, 9.17) is 10.2 Å². The van der Waals surface area contributed by atoms with Crippen LogP contribution in [-0.4, -0.2) is 50.8 Å². The molecule has 3 rings (SSSR count). The first-order chi connectivity index (χ1) is 13.2. The number of carbonyl (C=O) groups is 5. The van der Waals surface area contributed by atoms with Crippen molar-refractivity contribution in [2.45, 2.75) is 13.0 Å². The fourth-order valence-electron chi connectivity index (χ4n) is 2.87. The van der Waals surface area contributed by atoms with Gasteiger partial charge in [-0.05, 0) is 37.3 Å². The second-order valence-electron chi connectivity index (χ2n) is 6.10. The Morgan fingerprint density at radius 3 is 1.79 bits per heavy atom. The molecule has 0 saturated carbocycles. The highest BCUT2D eigenvalue weighted by Crippen LogP contribution is 2.25. The van der Waals surface area contributed by atoms with Gasteiger partial charge in [-0.2, -0.15) is 0 Å². The first-order valence-electron chi connectivity index (χ1n) is 8.10. The molecule has 1 heterocycles. The third-order valence-electron chi connectivity index (χ3n) is 4.29. The zero-order chi connectivity index (χ0) is 20.6. The van der Waals surface area contributed by atoms with E-state index in [-0.39, 0.29) is 27.9 Å². The lowest BCUT2D eigenvalue weighted by molar-refractivity contribution is -0.119. The van der Waals surface area contributed by atoms with Gasteiger partial charge in [0.2, 0.25) is 5.91 Å². The van der Waals surface area contributed by atoms with Crippen LogP contribution in [0.2, 0.25) is 0 Å². The maximum absolute atomic E-state index is 12.6. The number of rotatable bonds is 5. The smallest absolute Gasteiger partial charge is 0.335 e. The van der Waals surface area contributed by atoms with Gasteiger partial charge in [0, 0.05) is 5.69 Å². The number of imide groups is 1. The number of hydrogen-bond acceptors (Lipinski definition) is 5. The van der Waals surface area contributed by atoms with Gasteiger partial charge in [0.05, 0.1) is 22.3 Å². The van der Waals surface area contributed by atoms with Gasteiger partial charge in [-0.3, -0.25) is 19.3 Å². The van der Waals surface area contributed by atoms with E-state index < -0.39 is 35.7 Å². The predicted octanol–water partition coefficient (Wildman–Crippen LogP) is 1.71. The van der Waals surface area contributed by atoms with Gasteiger partial charge in [0.25, 0.3) is 11.8 Å². The van der Waals surface area contributed by atoms with Gasteiger partial charge in [-0.1, -0.05) is 12.1 Å². The van der Waals surface area contributed by atoms with Gasteiger partial charge in [-0.15, -0.1) is 0 Å². The number of carbonyl (C=O) groups excluding carboxylic acids is 3. The van der Waals surface area contributed by atoms with Gasteiger partial charge in [0.1, 0.15) is 6.04 Å². The molecule has 28 heavy (non-hydrogen) atoms. The summed E-state index contributed by atoms with van der Waals surface area (Å²) >= 11 is 0. The fraction of sp³-hybridized carbons (Fsp3) is 0.105. The molecule has 2 aromatic rings. The van der Waals surface area contributed by atoms with Gasteiger partial charge < -0.3 is 15.5 Å². The van der Waals surface area contributed by atoms with E-state index in [1.165, 1.54) is 19.1 Å². The summed E-state index contributed by atoms with van der Waals surface area (Å²) in [7, 11) is 0. The molecule has 3 N–H and O–H groups in total. The average Bonchev–Trinajstić information content (AvgIpc) is 2.91. The molecule has 3 amide bonds. The Hall–Kier alpha value is -4.01. The molecule has 0 spiro atoms. The first-order valence-corrected chi connectivity index (χ1v) is 8.10. The summed E-state index contributed by atoms with van der Waals surface area (Å²) in [5.74, 6) is -4.74. The quantitative estimate of drug-likeness (QED) is 0.668. The summed E-state index contributed by atoms with van der Waals surface area (Å²) in [6, 6.07) is 8.09. The van der Waals surface area contributed by atoms with E-state index in [1.807, 2.05) is 0 Å². The lowest BCUT2D eigenvalue weighted by Crippen LogP contribution is -2.45. The molecule has 0 fully saturated rings. The van der Waals surface area contributed by atoms with Crippen LogP contribution in [0.1, 0.15) is 48.4 Å². The molecule has 1 unspecified atom stereocenters. The summed E-state index contributed by atoms with van der Waals surface area (Å²) < 4.78 is 0. The van der Waals surface area contributed by atoms with Crippen molar-refractivity contribution in [3.05, 3.63) is 64.7 Å². The molecule has 0 saturated heterocycles. The molecule has 1 aliphatic heterocycles. The number of carboxylic acids is 2. The molecular weight excluding hydrogens is 368 g/mol. The monoisotopic (exact) mass is 382 g/mol. The summed E-state index contributed by atoms with van der Waals surface area (Å²) in [5, 5.41) is 20.6. The van der Waals surface area contributed by atoms with Gasteiger partial charge >= 0.3 is 11.9 Å². The lowest BCUT2D eigenvalue weighted by atomic mass is 10.1. The minimum absolute atomic E-state index is 0.0780. The Bertz CT molecular complexity index is 977. The highest BCUT2D eigenvalue weighted by Gasteiger charge is 2.40. The van der Waals surface area contributed by atoms with Crippen molar-refractivity contribution < 1.29 is 34.2 Å². The molecule has 9 heteroatoms. The topological polar surface area (TPSA) is 141 Å². The maximum Gasteiger partial charge on any atom is 0.335 e. The maximum atomic E-state index is 12.6. The van der Waals surface area contributed by atoms with Crippen LogP contribution < -0.4 is 5.32 Å². The molecule has 142 valence electrons. The average molecular weight is 382 g/mol. The SMILES string of the molecule is CC(C(=O)Nc1cc(C(=O)O)cc(C(=O)O)c1)N1C(=O)c2ccccc2C1=O. The summed E-state index contributed by atoms with van der Waals surface area (Å²) in [4.78, 5) is 60.6. The number of hydrogen-bond donors (Lipinski definition) is 3. The minimum atomic E-state index is -1.37. The Labute approximate surface area is 158 Å². The highest BCUT2D eigenvalue weighted by atomic mass is 16.4. The van der Waals surface area contributed by atoms with Gasteiger partial charge in [-0.25, -0.2) is 9.59 Å². The second-order valence-corrected chi connectivity index (χ2v) is 6.10. The highest BCUT2D eigenvalue weighted by molar-refractivity contribution is 6.23.